The molecule has 2 aromatic carbocycles. The van der Waals surface area contributed by atoms with Crippen molar-refractivity contribution in [1.82, 2.24) is 4.98 Å². The number of carbonyl (C=O) groups is 1. The molecule has 0 aliphatic rings. The first kappa shape index (κ1) is 18.4. The van der Waals surface area contributed by atoms with E-state index in [0.717, 1.165) is 0 Å². The fraction of sp³-hybridized carbons (Fsp3) is 0.0476. The number of benzene rings is 2. The number of pyridine rings is 1. The molecule has 27 heavy (non-hydrogen) atoms. The van der Waals surface area contributed by atoms with E-state index in [0.29, 0.717) is 16.0 Å². The fourth-order valence-electron chi connectivity index (χ4n) is 2.29. The van der Waals surface area contributed by atoms with Crippen LogP contribution in [0, 0.1) is 11.8 Å². The van der Waals surface area contributed by atoms with E-state index in [9.17, 15) is 14.1 Å². The number of carbonyl (C=O) groups excluding carboxylic acids is 1. The Morgan fingerprint density at radius 1 is 1.00 bits per heavy atom. The van der Waals surface area contributed by atoms with Gasteiger partial charge in [0.1, 0.15) is 5.75 Å². The van der Waals surface area contributed by atoms with Gasteiger partial charge in [0.2, 0.25) is 0 Å². The number of hydrogen-bond acceptors (Lipinski definition) is 4. The third-order valence-electron chi connectivity index (χ3n) is 3.62. The Balaban J connectivity index is 1.89. The molecule has 0 aliphatic heterocycles. The van der Waals surface area contributed by atoms with Crippen LogP contribution in [0.4, 0.5) is 0 Å². The van der Waals surface area contributed by atoms with Gasteiger partial charge in [0.25, 0.3) is 5.91 Å². The second-order valence-corrected chi connectivity index (χ2v) is 8.03. The fourth-order valence-corrected chi connectivity index (χ4v) is 3.48. The molecule has 134 valence electrons. The van der Waals surface area contributed by atoms with Crippen LogP contribution in [-0.4, -0.2) is 26.5 Å². The maximum atomic E-state index is 12.7. The van der Waals surface area contributed by atoms with Gasteiger partial charge in [0.05, 0.1) is 15.3 Å². The zero-order valence-corrected chi connectivity index (χ0v) is 15.3. The van der Waals surface area contributed by atoms with Gasteiger partial charge in [-0.25, -0.2) is 4.21 Å². The Kier molecular flexibility index (Phi) is 5.34. The van der Waals surface area contributed by atoms with Gasteiger partial charge in [0.15, 0.2) is 0 Å². The average molecular weight is 376 g/mol. The standard InChI is InChI=1S/C21H16N2O3S/c1-27(26,20-8-3-2-4-9-20)23-21(25)18-12-17(14-22-15-18)11-10-16-6-5-7-19(24)13-16/h2-9,12-15,24H,1H3/t27-/m0/s1. The maximum Gasteiger partial charge on any atom is 0.286 e. The summed E-state index contributed by atoms with van der Waals surface area (Å²) in [6.07, 6.45) is 4.32. The van der Waals surface area contributed by atoms with Gasteiger partial charge in [0, 0.05) is 34.7 Å². The van der Waals surface area contributed by atoms with Gasteiger partial charge in [-0.05, 0) is 36.4 Å². The number of nitrogens with zero attached hydrogens (tertiary/aromatic N) is 2. The zero-order valence-electron chi connectivity index (χ0n) is 14.5. The molecular formula is C21H16N2O3S. The lowest BCUT2D eigenvalue weighted by atomic mass is 10.1. The summed E-state index contributed by atoms with van der Waals surface area (Å²) in [5.74, 6) is 5.30. The molecule has 5 nitrogen and oxygen atoms in total. The van der Waals surface area contributed by atoms with Crippen molar-refractivity contribution < 1.29 is 14.1 Å². The number of phenolic OH excluding ortho intramolecular Hbond substituents is 1. The minimum atomic E-state index is -2.85. The van der Waals surface area contributed by atoms with Crippen LogP contribution in [0.1, 0.15) is 21.5 Å². The molecule has 0 spiro atoms. The molecule has 0 saturated heterocycles. The van der Waals surface area contributed by atoms with Gasteiger partial charge in [-0.2, -0.15) is 4.36 Å². The predicted octanol–water partition coefficient (Wildman–Crippen LogP) is 3.48. The van der Waals surface area contributed by atoms with Crippen molar-refractivity contribution in [1.29, 1.82) is 0 Å². The molecule has 1 heterocycles. The first-order chi connectivity index (χ1) is 12.9. The van der Waals surface area contributed by atoms with E-state index in [1.807, 2.05) is 0 Å². The molecule has 3 rings (SSSR count). The molecular weight excluding hydrogens is 360 g/mol. The lowest BCUT2D eigenvalue weighted by Crippen LogP contribution is -2.04. The second kappa shape index (κ2) is 7.85. The van der Waals surface area contributed by atoms with Crippen molar-refractivity contribution in [3.05, 3.63) is 89.7 Å². The van der Waals surface area contributed by atoms with Gasteiger partial charge >= 0.3 is 0 Å². The molecule has 6 heteroatoms. The predicted molar refractivity (Wildman–Crippen MR) is 104 cm³/mol. The quantitative estimate of drug-likeness (QED) is 0.695. The van der Waals surface area contributed by atoms with Crippen molar-refractivity contribution in [3.63, 3.8) is 0 Å². The lowest BCUT2D eigenvalue weighted by molar-refractivity contribution is 0.100. The van der Waals surface area contributed by atoms with Crippen LogP contribution < -0.4 is 0 Å². The third kappa shape index (κ3) is 4.81. The molecule has 1 aromatic heterocycles. The summed E-state index contributed by atoms with van der Waals surface area (Å²) in [6, 6.07) is 16.8. The van der Waals surface area contributed by atoms with Crippen molar-refractivity contribution in [2.45, 2.75) is 4.90 Å². The van der Waals surface area contributed by atoms with E-state index >= 15 is 0 Å². The lowest BCUT2D eigenvalue weighted by Gasteiger charge is -2.03. The molecule has 0 saturated carbocycles. The highest BCUT2D eigenvalue weighted by atomic mass is 32.2. The molecule has 0 unspecified atom stereocenters. The Bertz CT molecular complexity index is 1170. The van der Waals surface area contributed by atoms with Crippen molar-refractivity contribution in [3.8, 4) is 17.6 Å². The summed E-state index contributed by atoms with van der Waals surface area (Å²) < 4.78 is 16.6. The monoisotopic (exact) mass is 376 g/mol. The molecule has 1 atom stereocenters. The van der Waals surface area contributed by atoms with Crippen LogP contribution >= 0.6 is 0 Å². The minimum Gasteiger partial charge on any atom is -0.508 e. The third-order valence-corrected chi connectivity index (χ3v) is 5.28. The van der Waals surface area contributed by atoms with Crippen LogP contribution in [-0.2, 0) is 9.73 Å². The molecule has 0 fully saturated rings. The zero-order chi connectivity index (χ0) is 19.3. The van der Waals surface area contributed by atoms with E-state index < -0.39 is 15.6 Å². The number of aromatic hydroxyl groups is 1. The Labute approximate surface area is 157 Å². The van der Waals surface area contributed by atoms with Crippen molar-refractivity contribution in [2.75, 3.05) is 6.26 Å². The van der Waals surface area contributed by atoms with Gasteiger partial charge in [-0.1, -0.05) is 36.1 Å². The summed E-state index contributed by atoms with van der Waals surface area (Å²) in [5, 5.41) is 9.46. The van der Waals surface area contributed by atoms with E-state index in [2.05, 4.69) is 21.2 Å². The first-order valence-electron chi connectivity index (χ1n) is 8.02. The van der Waals surface area contributed by atoms with E-state index in [-0.39, 0.29) is 11.3 Å². The maximum absolute atomic E-state index is 12.7. The van der Waals surface area contributed by atoms with Gasteiger partial charge in [-0.3, -0.25) is 9.78 Å². The molecule has 0 aliphatic carbocycles. The van der Waals surface area contributed by atoms with Crippen LogP contribution in [0.25, 0.3) is 0 Å². The van der Waals surface area contributed by atoms with E-state index in [1.165, 1.54) is 24.7 Å². The number of phenols is 1. The van der Waals surface area contributed by atoms with Crippen LogP contribution in [0.15, 0.2) is 82.3 Å². The largest absolute Gasteiger partial charge is 0.508 e. The molecule has 0 bridgehead atoms. The minimum absolute atomic E-state index is 0.126. The molecule has 1 amide bonds. The normalized spacial score (nSPS) is 12.3. The molecule has 3 aromatic rings. The number of hydrogen-bond donors (Lipinski definition) is 1. The Morgan fingerprint density at radius 2 is 1.74 bits per heavy atom. The highest BCUT2D eigenvalue weighted by molar-refractivity contribution is 7.93. The van der Waals surface area contributed by atoms with E-state index in [1.54, 1.807) is 54.6 Å². The summed E-state index contributed by atoms with van der Waals surface area (Å²) in [7, 11) is -2.85. The highest BCUT2D eigenvalue weighted by Gasteiger charge is 2.11. The summed E-state index contributed by atoms with van der Waals surface area (Å²) in [4.78, 5) is 16.9. The Morgan fingerprint density at radius 3 is 2.48 bits per heavy atom. The summed E-state index contributed by atoms with van der Waals surface area (Å²) in [5.41, 5.74) is 1.36. The summed E-state index contributed by atoms with van der Waals surface area (Å²) >= 11 is 0. The Hall–Kier alpha value is -3.43. The van der Waals surface area contributed by atoms with Crippen molar-refractivity contribution >= 4 is 15.6 Å². The first-order valence-corrected chi connectivity index (χ1v) is 9.94. The topological polar surface area (TPSA) is 79.6 Å². The van der Waals surface area contributed by atoms with Crippen LogP contribution in [0.2, 0.25) is 0 Å². The number of aromatic nitrogens is 1. The molecule has 0 radical (unpaired) electrons. The molecule has 1 N–H and O–H groups in total. The van der Waals surface area contributed by atoms with Gasteiger partial charge in [-0.15, -0.1) is 0 Å². The SMILES string of the molecule is C[S@@](=O)(=NC(=O)c1cncc(C#Cc2cccc(O)c2)c1)c1ccccc1. The van der Waals surface area contributed by atoms with E-state index in [4.69, 9.17) is 0 Å². The summed E-state index contributed by atoms with van der Waals surface area (Å²) in [6.45, 7) is 0. The van der Waals surface area contributed by atoms with Gasteiger partial charge < -0.3 is 5.11 Å². The van der Waals surface area contributed by atoms with Crippen molar-refractivity contribution in [2.24, 2.45) is 4.36 Å². The smallest absolute Gasteiger partial charge is 0.286 e. The number of rotatable bonds is 2. The average Bonchev–Trinajstić information content (AvgIpc) is 2.67. The van der Waals surface area contributed by atoms with Crippen LogP contribution in [0.3, 0.4) is 0 Å². The highest BCUT2D eigenvalue weighted by Crippen LogP contribution is 2.13. The van der Waals surface area contributed by atoms with Crippen LogP contribution in [0.5, 0.6) is 5.75 Å². The number of amides is 1. The second-order valence-electron chi connectivity index (χ2n) is 5.77.